The number of quaternary nitrogens is 1. The van der Waals surface area contributed by atoms with Crippen LogP contribution in [0.5, 0.6) is 0 Å². The number of piperidine rings is 1. The zero-order chi connectivity index (χ0) is 8.32. The van der Waals surface area contributed by atoms with Gasteiger partial charge in [0.1, 0.15) is 0 Å². The molecule has 0 aromatic heterocycles. The molecule has 0 aliphatic carbocycles. The van der Waals surface area contributed by atoms with Crippen LogP contribution in [0.25, 0.3) is 0 Å². The van der Waals surface area contributed by atoms with Crippen molar-refractivity contribution in [1.29, 1.82) is 0 Å². The molecule has 1 saturated heterocycles. The second-order valence-electron chi connectivity index (χ2n) is 4.08. The summed E-state index contributed by atoms with van der Waals surface area (Å²) in [6.07, 6.45) is 5.73. The van der Waals surface area contributed by atoms with Gasteiger partial charge < -0.3 is 4.48 Å². The lowest BCUT2D eigenvalue weighted by Crippen LogP contribution is -2.54. The van der Waals surface area contributed by atoms with Crippen molar-refractivity contribution in [1.82, 2.24) is 0 Å². The van der Waals surface area contributed by atoms with Crippen molar-refractivity contribution in [3.63, 3.8) is 0 Å². The summed E-state index contributed by atoms with van der Waals surface area (Å²) in [7, 11) is 2.42. The minimum Gasteiger partial charge on any atom is -0.324 e. The molecule has 0 amide bonds. The molecule has 1 nitrogen and oxygen atoms in total. The van der Waals surface area contributed by atoms with E-state index in [0.717, 1.165) is 6.04 Å². The molecule has 0 saturated carbocycles. The van der Waals surface area contributed by atoms with Gasteiger partial charge in [0.15, 0.2) is 0 Å². The summed E-state index contributed by atoms with van der Waals surface area (Å²) < 4.78 is 1.33. The van der Waals surface area contributed by atoms with E-state index in [2.05, 4.69) is 20.9 Å². The van der Waals surface area contributed by atoms with E-state index in [4.69, 9.17) is 0 Å². The van der Waals surface area contributed by atoms with Gasteiger partial charge in [-0.1, -0.05) is 6.92 Å². The second kappa shape index (κ2) is 3.57. The minimum absolute atomic E-state index is 0.953. The maximum absolute atomic E-state index is 2.42. The molecule has 1 aliphatic rings. The molecule has 11 heavy (non-hydrogen) atoms. The molecule has 1 heterocycles. The Bertz CT molecular complexity index is 122. The molecule has 0 bridgehead atoms. The zero-order valence-electron chi connectivity index (χ0n) is 8.27. The fraction of sp³-hybridized carbons (Fsp3) is 1.00. The lowest BCUT2D eigenvalue weighted by Gasteiger charge is -2.44. The van der Waals surface area contributed by atoms with Crippen LogP contribution >= 0.6 is 0 Å². The summed E-state index contributed by atoms with van der Waals surface area (Å²) in [4.78, 5) is 0. The number of hydrogen-bond acceptors (Lipinski definition) is 0. The van der Waals surface area contributed by atoms with E-state index in [0.29, 0.717) is 0 Å². The first-order valence-corrected chi connectivity index (χ1v) is 5.07. The highest BCUT2D eigenvalue weighted by atomic mass is 15.4. The van der Waals surface area contributed by atoms with Crippen LogP contribution in [0.4, 0.5) is 0 Å². The quantitative estimate of drug-likeness (QED) is 0.539. The first kappa shape index (κ1) is 9.05. The normalized spacial score (nSPS) is 39.0. The van der Waals surface area contributed by atoms with Gasteiger partial charge in [-0.2, -0.15) is 0 Å². The number of rotatable bonds is 2. The molecular formula is C10H22N+. The average Bonchev–Trinajstić information content (AvgIpc) is 2.05. The molecule has 1 aliphatic heterocycles. The Hall–Kier alpha value is -0.0400. The van der Waals surface area contributed by atoms with E-state index in [1.54, 1.807) is 0 Å². The van der Waals surface area contributed by atoms with E-state index in [1.807, 2.05) is 0 Å². The molecule has 1 fully saturated rings. The number of nitrogens with zero attached hydrogens (tertiary/aromatic N) is 1. The third-order valence-corrected chi connectivity index (χ3v) is 3.53. The largest absolute Gasteiger partial charge is 0.324 e. The fourth-order valence-electron chi connectivity index (χ4n) is 2.41. The van der Waals surface area contributed by atoms with Gasteiger partial charge in [0.25, 0.3) is 0 Å². The van der Waals surface area contributed by atoms with Crippen LogP contribution in [0.2, 0.25) is 0 Å². The van der Waals surface area contributed by atoms with Crippen LogP contribution in [-0.2, 0) is 0 Å². The Labute approximate surface area is 71.0 Å². The third kappa shape index (κ3) is 1.76. The van der Waals surface area contributed by atoms with Gasteiger partial charge in [-0.3, -0.25) is 0 Å². The van der Waals surface area contributed by atoms with Gasteiger partial charge >= 0.3 is 0 Å². The molecule has 0 unspecified atom stereocenters. The summed E-state index contributed by atoms with van der Waals surface area (Å²) in [5.41, 5.74) is 0. The summed E-state index contributed by atoms with van der Waals surface area (Å²) in [5.74, 6) is 0. The summed E-state index contributed by atoms with van der Waals surface area (Å²) in [6, 6.07) is 0.953. The Kier molecular flexibility index (Phi) is 2.94. The van der Waals surface area contributed by atoms with Crippen molar-refractivity contribution in [2.24, 2.45) is 0 Å². The standard InChI is InChI=1S/C10H22N/c1-4-10-8-6-7-9-11(10,3)5-2/h10H,4-9H2,1-3H3/q+1/t10-,11-/m1/s1. The minimum atomic E-state index is 0.953. The Morgan fingerprint density at radius 1 is 1.27 bits per heavy atom. The predicted molar refractivity (Wildman–Crippen MR) is 49.5 cm³/mol. The van der Waals surface area contributed by atoms with Crippen molar-refractivity contribution < 1.29 is 4.48 Å². The van der Waals surface area contributed by atoms with Gasteiger partial charge in [0.05, 0.1) is 26.2 Å². The van der Waals surface area contributed by atoms with Crippen molar-refractivity contribution in [3.05, 3.63) is 0 Å². The number of likely N-dealkylation sites (tertiary alicyclic amines) is 1. The maximum atomic E-state index is 2.42. The Morgan fingerprint density at radius 3 is 2.45 bits per heavy atom. The maximum Gasteiger partial charge on any atom is 0.0885 e. The van der Waals surface area contributed by atoms with Gasteiger partial charge in [-0.05, 0) is 32.6 Å². The molecule has 0 aromatic carbocycles. The topological polar surface area (TPSA) is 0 Å². The predicted octanol–water partition coefficient (Wildman–Crippen LogP) is 2.42. The molecule has 0 aromatic rings. The van der Waals surface area contributed by atoms with Crippen molar-refractivity contribution in [2.45, 2.75) is 45.6 Å². The van der Waals surface area contributed by atoms with Crippen LogP contribution in [0, 0.1) is 0 Å². The van der Waals surface area contributed by atoms with Crippen LogP contribution in [0.3, 0.4) is 0 Å². The van der Waals surface area contributed by atoms with Crippen LogP contribution < -0.4 is 0 Å². The molecule has 1 heteroatoms. The van der Waals surface area contributed by atoms with Crippen molar-refractivity contribution in [2.75, 3.05) is 20.1 Å². The van der Waals surface area contributed by atoms with Gasteiger partial charge in [-0.15, -0.1) is 0 Å². The van der Waals surface area contributed by atoms with Gasteiger partial charge in [0, 0.05) is 0 Å². The van der Waals surface area contributed by atoms with E-state index in [1.165, 1.54) is 43.3 Å². The molecule has 1 rings (SSSR count). The average molecular weight is 156 g/mol. The SMILES string of the molecule is CC[C@@H]1CCCC[N@@+]1(C)CC. The second-order valence-corrected chi connectivity index (χ2v) is 4.08. The summed E-state index contributed by atoms with van der Waals surface area (Å²) >= 11 is 0. The first-order valence-electron chi connectivity index (χ1n) is 5.07. The van der Waals surface area contributed by atoms with E-state index in [-0.39, 0.29) is 0 Å². The molecule has 2 atom stereocenters. The van der Waals surface area contributed by atoms with Crippen molar-refractivity contribution in [3.8, 4) is 0 Å². The molecule has 0 radical (unpaired) electrons. The highest BCUT2D eigenvalue weighted by Crippen LogP contribution is 2.25. The molecule has 0 spiro atoms. The van der Waals surface area contributed by atoms with E-state index < -0.39 is 0 Å². The van der Waals surface area contributed by atoms with Crippen molar-refractivity contribution >= 4 is 0 Å². The van der Waals surface area contributed by atoms with Crippen LogP contribution in [0.1, 0.15) is 39.5 Å². The monoisotopic (exact) mass is 156 g/mol. The smallest absolute Gasteiger partial charge is 0.0885 e. The summed E-state index contributed by atoms with van der Waals surface area (Å²) in [5, 5.41) is 0. The highest BCUT2D eigenvalue weighted by Gasteiger charge is 2.31. The molecule has 66 valence electrons. The Morgan fingerprint density at radius 2 is 2.00 bits per heavy atom. The zero-order valence-corrected chi connectivity index (χ0v) is 8.27. The lowest BCUT2D eigenvalue weighted by atomic mass is 9.97. The van der Waals surface area contributed by atoms with Crippen LogP contribution in [0.15, 0.2) is 0 Å². The highest BCUT2D eigenvalue weighted by molar-refractivity contribution is 4.63. The lowest BCUT2D eigenvalue weighted by molar-refractivity contribution is -0.936. The van der Waals surface area contributed by atoms with E-state index >= 15 is 0 Å². The molecule has 0 N–H and O–H groups in total. The van der Waals surface area contributed by atoms with Crippen LogP contribution in [-0.4, -0.2) is 30.7 Å². The number of hydrogen-bond donors (Lipinski definition) is 0. The fourth-order valence-corrected chi connectivity index (χ4v) is 2.41. The van der Waals surface area contributed by atoms with E-state index in [9.17, 15) is 0 Å². The summed E-state index contributed by atoms with van der Waals surface area (Å²) in [6.45, 7) is 7.39. The van der Waals surface area contributed by atoms with Gasteiger partial charge in [-0.25, -0.2) is 0 Å². The molecular weight excluding hydrogens is 134 g/mol. The van der Waals surface area contributed by atoms with Gasteiger partial charge in [0.2, 0.25) is 0 Å². The third-order valence-electron chi connectivity index (χ3n) is 3.53. The first-order chi connectivity index (χ1) is 5.23. The Balaban J connectivity index is 2.57.